The van der Waals surface area contributed by atoms with Gasteiger partial charge in [-0.3, -0.25) is 0 Å². The smallest absolute Gasteiger partial charge is 0.163 e. The Morgan fingerprint density at radius 3 is 2.68 bits per heavy atom. The summed E-state index contributed by atoms with van der Waals surface area (Å²) in [5.41, 5.74) is 2.31. The van der Waals surface area contributed by atoms with E-state index in [1.807, 2.05) is 0 Å². The summed E-state index contributed by atoms with van der Waals surface area (Å²) in [6.07, 6.45) is 0. The third-order valence-electron chi connectivity index (χ3n) is 2.96. The van der Waals surface area contributed by atoms with Crippen molar-refractivity contribution in [2.45, 2.75) is 25.1 Å². The summed E-state index contributed by atoms with van der Waals surface area (Å²) in [5.74, 6) is 0.895. The molecular formula is C14H19N3S2. The van der Waals surface area contributed by atoms with Gasteiger partial charge in [0.2, 0.25) is 0 Å². The number of aliphatic imine (C=N–C) groups is 1. The molecule has 0 spiro atoms. The SMILES string of the molecule is CN(C)c1cccc(CSC2=NC(=S)C(C)(C)N2)c1. The first-order valence-electron chi connectivity index (χ1n) is 6.19. The van der Waals surface area contributed by atoms with E-state index in [1.165, 1.54) is 11.3 Å². The normalized spacial score (nSPS) is 17.1. The molecule has 102 valence electrons. The maximum Gasteiger partial charge on any atom is 0.163 e. The van der Waals surface area contributed by atoms with Crippen molar-refractivity contribution in [3.8, 4) is 0 Å². The summed E-state index contributed by atoms with van der Waals surface area (Å²) in [6.45, 7) is 4.11. The van der Waals surface area contributed by atoms with E-state index in [9.17, 15) is 0 Å². The van der Waals surface area contributed by atoms with E-state index in [-0.39, 0.29) is 5.54 Å². The summed E-state index contributed by atoms with van der Waals surface area (Å²) >= 11 is 6.94. The molecule has 3 nitrogen and oxygen atoms in total. The second-order valence-electron chi connectivity index (χ2n) is 5.33. The van der Waals surface area contributed by atoms with Crippen molar-refractivity contribution in [3.63, 3.8) is 0 Å². The Hall–Kier alpha value is -1.07. The molecule has 1 aliphatic rings. The first-order chi connectivity index (χ1) is 8.88. The number of nitrogens with one attached hydrogen (secondary N) is 1. The highest BCUT2D eigenvalue weighted by Crippen LogP contribution is 2.23. The number of thiocarbonyl (C=S) groups is 1. The molecule has 0 radical (unpaired) electrons. The van der Waals surface area contributed by atoms with Crippen molar-refractivity contribution in [3.05, 3.63) is 29.8 Å². The van der Waals surface area contributed by atoms with Gasteiger partial charge in [-0.05, 0) is 31.5 Å². The molecule has 1 heterocycles. The Morgan fingerprint density at radius 2 is 2.11 bits per heavy atom. The van der Waals surface area contributed by atoms with Crippen LogP contribution in [0.5, 0.6) is 0 Å². The van der Waals surface area contributed by atoms with Gasteiger partial charge in [0, 0.05) is 25.5 Å². The number of amidine groups is 1. The average molecular weight is 293 g/mol. The molecule has 1 aromatic rings. The molecule has 0 aromatic heterocycles. The Morgan fingerprint density at radius 1 is 1.37 bits per heavy atom. The van der Waals surface area contributed by atoms with Crippen molar-refractivity contribution in [1.82, 2.24) is 5.32 Å². The lowest BCUT2D eigenvalue weighted by Gasteiger charge is -2.18. The molecule has 0 saturated carbocycles. The van der Waals surface area contributed by atoms with Crippen LogP contribution in [-0.4, -0.2) is 29.8 Å². The number of hydrogen-bond donors (Lipinski definition) is 1. The molecule has 0 bridgehead atoms. The zero-order valence-corrected chi connectivity index (χ0v) is 13.4. The van der Waals surface area contributed by atoms with Gasteiger partial charge in [0.25, 0.3) is 0 Å². The minimum Gasteiger partial charge on any atom is -0.378 e. The third-order valence-corrected chi connectivity index (χ3v) is 4.51. The number of hydrogen-bond acceptors (Lipinski definition) is 4. The van der Waals surface area contributed by atoms with Gasteiger partial charge in [-0.25, -0.2) is 4.99 Å². The van der Waals surface area contributed by atoms with Gasteiger partial charge in [0.05, 0.1) is 5.54 Å². The average Bonchev–Trinajstić information content (AvgIpc) is 2.61. The van der Waals surface area contributed by atoms with Crippen LogP contribution >= 0.6 is 24.0 Å². The highest BCUT2D eigenvalue weighted by Gasteiger charge is 2.30. The van der Waals surface area contributed by atoms with Gasteiger partial charge >= 0.3 is 0 Å². The summed E-state index contributed by atoms with van der Waals surface area (Å²) in [7, 11) is 4.10. The Balaban J connectivity index is 1.99. The first kappa shape index (κ1) is 14.3. The molecule has 0 saturated heterocycles. The summed E-state index contributed by atoms with van der Waals surface area (Å²) in [5, 5.41) is 4.27. The summed E-state index contributed by atoms with van der Waals surface area (Å²) < 4.78 is 0. The van der Waals surface area contributed by atoms with Gasteiger partial charge in [0.1, 0.15) is 4.99 Å². The maximum absolute atomic E-state index is 5.25. The quantitative estimate of drug-likeness (QED) is 0.867. The van der Waals surface area contributed by atoms with Crippen molar-refractivity contribution < 1.29 is 0 Å². The van der Waals surface area contributed by atoms with Crippen LogP contribution in [0.25, 0.3) is 0 Å². The monoisotopic (exact) mass is 293 g/mol. The Kier molecular flexibility index (Phi) is 4.16. The lowest BCUT2D eigenvalue weighted by atomic mass is 10.1. The van der Waals surface area contributed by atoms with Gasteiger partial charge in [-0.1, -0.05) is 36.1 Å². The van der Waals surface area contributed by atoms with Crippen LogP contribution in [0.15, 0.2) is 29.3 Å². The number of nitrogens with zero attached hydrogens (tertiary/aromatic N) is 2. The van der Waals surface area contributed by atoms with Gasteiger partial charge in [-0.2, -0.15) is 0 Å². The van der Waals surface area contributed by atoms with Crippen molar-refractivity contribution in [2.24, 2.45) is 4.99 Å². The van der Waals surface area contributed by atoms with Gasteiger partial charge < -0.3 is 10.2 Å². The number of thioether (sulfide) groups is 1. The first-order valence-corrected chi connectivity index (χ1v) is 7.58. The lowest BCUT2D eigenvalue weighted by Crippen LogP contribution is -2.40. The van der Waals surface area contributed by atoms with Crippen molar-refractivity contribution >= 4 is 39.8 Å². The van der Waals surface area contributed by atoms with Crippen LogP contribution in [0.3, 0.4) is 0 Å². The van der Waals surface area contributed by atoms with Crippen molar-refractivity contribution in [2.75, 3.05) is 19.0 Å². The number of benzene rings is 1. The fraction of sp³-hybridized carbons (Fsp3) is 0.429. The van der Waals surface area contributed by atoms with E-state index < -0.39 is 0 Å². The van der Waals surface area contributed by atoms with E-state index in [0.717, 1.165) is 15.9 Å². The zero-order chi connectivity index (χ0) is 14.0. The van der Waals surface area contributed by atoms with Gasteiger partial charge in [0.15, 0.2) is 5.17 Å². The van der Waals surface area contributed by atoms with Crippen LogP contribution in [0.4, 0.5) is 5.69 Å². The fourth-order valence-electron chi connectivity index (χ4n) is 1.73. The third kappa shape index (κ3) is 3.48. The maximum atomic E-state index is 5.25. The molecule has 0 aliphatic carbocycles. The van der Waals surface area contributed by atoms with Crippen LogP contribution in [0, 0.1) is 0 Å². The fourth-order valence-corrected chi connectivity index (χ4v) is 2.89. The number of rotatable bonds is 3. The standard InChI is InChI=1S/C14H19N3S2/c1-14(2)12(18)15-13(16-14)19-9-10-6-5-7-11(8-10)17(3)4/h5-8H,9H2,1-4H3,(H,15,16,18). The molecular weight excluding hydrogens is 274 g/mol. The predicted molar refractivity (Wildman–Crippen MR) is 89.3 cm³/mol. The second-order valence-corrected chi connectivity index (χ2v) is 6.68. The van der Waals surface area contributed by atoms with Crippen LogP contribution in [0.1, 0.15) is 19.4 Å². The zero-order valence-electron chi connectivity index (χ0n) is 11.7. The highest BCUT2D eigenvalue weighted by molar-refractivity contribution is 8.13. The van der Waals surface area contributed by atoms with E-state index in [0.29, 0.717) is 0 Å². The van der Waals surface area contributed by atoms with E-state index in [4.69, 9.17) is 12.2 Å². The molecule has 1 aliphatic heterocycles. The Labute approximate surface area is 124 Å². The molecule has 1 N–H and O–H groups in total. The predicted octanol–water partition coefficient (Wildman–Crippen LogP) is 3.05. The molecule has 1 aromatic carbocycles. The van der Waals surface area contributed by atoms with E-state index in [1.54, 1.807) is 11.8 Å². The van der Waals surface area contributed by atoms with Crippen molar-refractivity contribution in [1.29, 1.82) is 0 Å². The molecule has 0 fully saturated rings. The molecule has 2 rings (SSSR count). The topological polar surface area (TPSA) is 27.6 Å². The minimum atomic E-state index is -0.191. The second kappa shape index (κ2) is 5.51. The summed E-state index contributed by atoms with van der Waals surface area (Å²) in [4.78, 5) is 7.25. The minimum absolute atomic E-state index is 0.191. The highest BCUT2D eigenvalue weighted by atomic mass is 32.2. The summed E-state index contributed by atoms with van der Waals surface area (Å²) in [6, 6.07) is 8.53. The lowest BCUT2D eigenvalue weighted by molar-refractivity contribution is 0.644. The largest absolute Gasteiger partial charge is 0.378 e. The molecule has 5 heteroatoms. The molecule has 19 heavy (non-hydrogen) atoms. The molecule has 0 amide bonds. The molecule has 0 atom stereocenters. The van der Waals surface area contributed by atoms with E-state index >= 15 is 0 Å². The molecule has 0 unspecified atom stereocenters. The van der Waals surface area contributed by atoms with Crippen LogP contribution < -0.4 is 10.2 Å². The van der Waals surface area contributed by atoms with Gasteiger partial charge in [-0.15, -0.1) is 0 Å². The Bertz CT molecular complexity index is 521. The van der Waals surface area contributed by atoms with Crippen LogP contribution in [0.2, 0.25) is 0 Å². The number of anilines is 1. The van der Waals surface area contributed by atoms with Crippen LogP contribution in [-0.2, 0) is 5.75 Å². The van der Waals surface area contributed by atoms with E-state index in [2.05, 4.69) is 67.4 Å².